The first-order chi connectivity index (χ1) is 8.33. The SMILES string of the molecule is Cc1ccccc1SCc1nnc(C2CC2)o1. The van der Waals surface area contributed by atoms with Crippen LogP contribution in [0.1, 0.15) is 36.1 Å². The summed E-state index contributed by atoms with van der Waals surface area (Å²) in [4.78, 5) is 1.28. The molecule has 0 radical (unpaired) electrons. The molecular weight excluding hydrogens is 232 g/mol. The van der Waals surface area contributed by atoms with E-state index in [0.29, 0.717) is 5.92 Å². The second-order valence-electron chi connectivity index (χ2n) is 4.36. The summed E-state index contributed by atoms with van der Waals surface area (Å²) in [6.07, 6.45) is 2.40. The van der Waals surface area contributed by atoms with Crippen LogP contribution in [0.4, 0.5) is 0 Å². The molecule has 1 aromatic carbocycles. The average molecular weight is 246 g/mol. The van der Waals surface area contributed by atoms with Gasteiger partial charge in [0, 0.05) is 10.8 Å². The first kappa shape index (κ1) is 10.8. The van der Waals surface area contributed by atoms with Gasteiger partial charge in [-0.2, -0.15) is 0 Å². The van der Waals surface area contributed by atoms with E-state index in [9.17, 15) is 0 Å². The second-order valence-corrected chi connectivity index (χ2v) is 5.38. The van der Waals surface area contributed by atoms with Crippen LogP contribution in [-0.4, -0.2) is 10.2 Å². The van der Waals surface area contributed by atoms with Crippen LogP contribution >= 0.6 is 11.8 Å². The van der Waals surface area contributed by atoms with E-state index in [4.69, 9.17) is 4.42 Å². The summed E-state index contributed by atoms with van der Waals surface area (Å²) in [6, 6.07) is 8.35. The molecular formula is C13H14N2OS. The number of aryl methyl sites for hydroxylation is 1. The summed E-state index contributed by atoms with van der Waals surface area (Å²) in [5.74, 6) is 2.86. The fourth-order valence-corrected chi connectivity index (χ4v) is 2.54. The number of aromatic nitrogens is 2. The van der Waals surface area contributed by atoms with E-state index in [1.807, 2.05) is 0 Å². The summed E-state index contributed by atoms with van der Waals surface area (Å²) in [7, 11) is 0. The Bertz CT molecular complexity index is 520. The van der Waals surface area contributed by atoms with Gasteiger partial charge in [-0.05, 0) is 31.4 Å². The zero-order valence-electron chi connectivity index (χ0n) is 9.72. The maximum atomic E-state index is 5.63. The molecule has 3 nitrogen and oxygen atoms in total. The molecule has 17 heavy (non-hydrogen) atoms. The minimum Gasteiger partial charge on any atom is -0.424 e. The summed E-state index contributed by atoms with van der Waals surface area (Å²) in [5.41, 5.74) is 1.29. The third kappa shape index (κ3) is 2.52. The highest BCUT2D eigenvalue weighted by Crippen LogP contribution is 2.39. The molecule has 0 spiro atoms. The highest BCUT2D eigenvalue weighted by atomic mass is 32.2. The van der Waals surface area contributed by atoms with E-state index >= 15 is 0 Å². The first-order valence-electron chi connectivity index (χ1n) is 5.83. The van der Waals surface area contributed by atoms with Crippen LogP contribution in [0.5, 0.6) is 0 Å². The minimum absolute atomic E-state index is 0.541. The molecule has 0 aliphatic heterocycles. The van der Waals surface area contributed by atoms with E-state index in [-0.39, 0.29) is 0 Å². The van der Waals surface area contributed by atoms with Crippen LogP contribution in [0.3, 0.4) is 0 Å². The van der Waals surface area contributed by atoms with Gasteiger partial charge in [-0.15, -0.1) is 22.0 Å². The predicted molar refractivity (Wildman–Crippen MR) is 67.0 cm³/mol. The third-order valence-electron chi connectivity index (χ3n) is 2.85. The standard InChI is InChI=1S/C13H14N2OS/c1-9-4-2-3-5-11(9)17-8-12-14-15-13(16-12)10-6-7-10/h2-5,10H,6-8H2,1H3. The Labute approximate surface area is 105 Å². The van der Waals surface area contributed by atoms with Gasteiger partial charge in [0.05, 0.1) is 5.75 Å². The molecule has 4 heteroatoms. The van der Waals surface area contributed by atoms with Gasteiger partial charge in [0.1, 0.15) is 0 Å². The van der Waals surface area contributed by atoms with Crippen LogP contribution in [0.2, 0.25) is 0 Å². The zero-order chi connectivity index (χ0) is 11.7. The lowest BCUT2D eigenvalue weighted by Gasteiger charge is -2.01. The maximum absolute atomic E-state index is 5.63. The van der Waals surface area contributed by atoms with E-state index in [0.717, 1.165) is 17.5 Å². The number of hydrogen-bond acceptors (Lipinski definition) is 4. The van der Waals surface area contributed by atoms with Crippen molar-refractivity contribution in [2.24, 2.45) is 0 Å². The highest BCUT2D eigenvalue weighted by molar-refractivity contribution is 7.98. The van der Waals surface area contributed by atoms with E-state index in [2.05, 4.69) is 41.4 Å². The zero-order valence-corrected chi connectivity index (χ0v) is 10.5. The topological polar surface area (TPSA) is 38.9 Å². The van der Waals surface area contributed by atoms with Crippen molar-refractivity contribution >= 4 is 11.8 Å². The van der Waals surface area contributed by atoms with E-state index in [1.54, 1.807) is 11.8 Å². The van der Waals surface area contributed by atoms with Gasteiger partial charge >= 0.3 is 0 Å². The van der Waals surface area contributed by atoms with Crippen LogP contribution < -0.4 is 0 Å². The lowest BCUT2D eigenvalue weighted by Crippen LogP contribution is -1.82. The molecule has 88 valence electrons. The predicted octanol–water partition coefficient (Wildman–Crippen LogP) is 3.55. The number of hydrogen-bond donors (Lipinski definition) is 0. The molecule has 3 rings (SSSR count). The third-order valence-corrected chi connectivity index (χ3v) is 4.01. The lowest BCUT2D eigenvalue weighted by molar-refractivity contribution is 0.466. The lowest BCUT2D eigenvalue weighted by atomic mass is 10.2. The molecule has 1 heterocycles. The van der Waals surface area contributed by atoms with E-state index < -0.39 is 0 Å². The van der Waals surface area contributed by atoms with Gasteiger partial charge < -0.3 is 4.42 Å². The van der Waals surface area contributed by atoms with Crippen LogP contribution in [0.15, 0.2) is 33.6 Å². The van der Waals surface area contributed by atoms with Crippen molar-refractivity contribution in [3.63, 3.8) is 0 Å². The van der Waals surface area contributed by atoms with Crippen LogP contribution in [0, 0.1) is 6.92 Å². The van der Waals surface area contributed by atoms with Crippen molar-refractivity contribution in [3.05, 3.63) is 41.6 Å². The number of rotatable bonds is 4. The summed E-state index contributed by atoms with van der Waals surface area (Å²) < 4.78 is 5.63. The van der Waals surface area contributed by atoms with Crippen LogP contribution in [-0.2, 0) is 5.75 Å². The summed E-state index contributed by atoms with van der Waals surface area (Å²) in [6.45, 7) is 2.12. The van der Waals surface area contributed by atoms with Gasteiger partial charge in [0.25, 0.3) is 0 Å². The fraction of sp³-hybridized carbons (Fsp3) is 0.385. The molecule has 1 saturated carbocycles. The van der Waals surface area contributed by atoms with Crippen molar-refractivity contribution in [2.75, 3.05) is 0 Å². The van der Waals surface area contributed by atoms with Crippen molar-refractivity contribution in [1.29, 1.82) is 0 Å². The maximum Gasteiger partial charge on any atom is 0.226 e. The smallest absolute Gasteiger partial charge is 0.226 e. The number of nitrogens with zero attached hydrogens (tertiary/aromatic N) is 2. The van der Waals surface area contributed by atoms with Crippen LogP contribution in [0.25, 0.3) is 0 Å². The molecule has 2 aromatic rings. The summed E-state index contributed by atoms with van der Waals surface area (Å²) in [5, 5.41) is 8.17. The molecule has 1 aliphatic rings. The molecule has 0 bridgehead atoms. The highest BCUT2D eigenvalue weighted by Gasteiger charge is 2.29. The van der Waals surface area contributed by atoms with Gasteiger partial charge in [-0.25, -0.2) is 0 Å². The van der Waals surface area contributed by atoms with Crippen molar-refractivity contribution in [1.82, 2.24) is 10.2 Å². The molecule has 1 aliphatic carbocycles. The Morgan fingerprint density at radius 2 is 2.12 bits per heavy atom. The number of benzene rings is 1. The minimum atomic E-state index is 0.541. The van der Waals surface area contributed by atoms with Gasteiger partial charge in [0.15, 0.2) is 0 Å². The van der Waals surface area contributed by atoms with Crippen molar-refractivity contribution < 1.29 is 4.42 Å². The Hall–Kier alpha value is -1.29. The molecule has 0 saturated heterocycles. The quantitative estimate of drug-likeness (QED) is 0.773. The van der Waals surface area contributed by atoms with Gasteiger partial charge in [-0.3, -0.25) is 0 Å². The largest absolute Gasteiger partial charge is 0.424 e. The van der Waals surface area contributed by atoms with Gasteiger partial charge in [0.2, 0.25) is 11.8 Å². The molecule has 1 aromatic heterocycles. The molecule has 0 unspecified atom stereocenters. The molecule has 0 amide bonds. The Balaban J connectivity index is 1.65. The number of thioether (sulfide) groups is 1. The average Bonchev–Trinajstić information content (AvgIpc) is 3.08. The first-order valence-corrected chi connectivity index (χ1v) is 6.82. The second kappa shape index (κ2) is 4.53. The summed E-state index contributed by atoms with van der Waals surface area (Å²) >= 11 is 1.75. The van der Waals surface area contributed by atoms with Crippen molar-refractivity contribution in [2.45, 2.75) is 36.3 Å². The Morgan fingerprint density at radius 1 is 1.29 bits per heavy atom. The Kier molecular flexibility index (Phi) is 2.89. The van der Waals surface area contributed by atoms with E-state index in [1.165, 1.54) is 23.3 Å². The molecule has 1 fully saturated rings. The fourth-order valence-electron chi connectivity index (χ4n) is 1.68. The van der Waals surface area contributed by atoms with Crippen molar-refractivity contribution in [3.8, 4) is 0 Å². The van der Waals surface area contributed by atoms with Gasteiger partial charge in [-0.1, -0.05) is 18.2 Å². The molecule has 0 atom stereocenters. The monoisotopic (exact) mass is 246 g/mol. The Morgan fingerprint density at radius 3 is 2.88 bits per heavy atom. The normalized spacial score (nSPS) is 15.1. The molecule has 0 N–H and O–H groups in total.